The minimum absolute atomic E-state index is 0.410. The quantitative estimate of drug-likeness (QED) is 0.606. The third kappa shape index (κ3) is 3.69. The van der Waals surface area contributed by atoms with E-state index in [2.05, 4.69) is 36.4 Å². The second-order valence-electron chi connectivity index (χ2n) is 4.30. The molecule has 0 aromatic carbocycles. The van der Waals surface area contributed by atoms with Gasteiger partial charge in [0, 0.05) is 12.1 Å². The molecule has 3 aromatic heterocycles. The van der Waals surface area contributed by atoms with Crippen LogP contribution in [0.2, 0.25) is 0 Å². The maximum atomic E-state index is 5.66. The van der Waals surface area contributed by atoms with Crippen molar-refractivity contribution in [1.29, 1.82) is 0 Å². The summed E-state index contributed by atoms with van der Waals surface area (Å²) in [4.78, 5) is 0.932. The zero-order valence-corrected chi connectivity index (χ0v) is 14.0. The summed E-state index contributed by atoms with van der Waals surface area (Å²) in [6, 6.07) is 3.89. The van der Waals surface area contributed by atoms with Crippen molar-refractivity contribution in [3.63, 3.8) is 0 Å². The Hall–Kier alpha value is -1.25. The maximum Gasteiger partial charge on any atom is 0.257 e. The Balaban J connectivity index is 1.68. The third-order valence-corrected chi connectivity index (χ3v) is 4.58. The number of thiophene rings is 1. The SMILES string of the molecule is ClCCCc1cn(Cc2nnc(-c3ccc(Br)s3)o2)nn1. The van der Waals surface area contributed by atoms with Crippen LogP contribution in [0.5, 0.6) is 0 Å². The van der Waals surface area contributed by atoms with E-state index in [0.717, 1.165) is 27.2 Å². The molecule has 0 saturated heterocycles. The monoisotopic (exact) mass is 387 g/mol. The molecule has 21 heavy (non-hydrogen) atoms. The minimum atomic E-state index is 0.410. The lowest BCUT2D eigenvalue weighted by Gasteiger charge is -1.93. The van der Waals surface area contributed by atoms with Gasteiger partial charge in [-0.05, 0) is 40.9 Å². The van der Waals surface area contributed by atoms with E-state index >= 15 is 0 Å². The van der Waals surface area contributed by atoms with Gasteiger partial charge in [0.15, 0.2) is 0 Å². The molecule has 0 N–H and O–H groups in total. The highest BCUT2D eigenvalue weighted by Crippen LogP contribution is 2.30. The average molecular weight is 389 g/mol. The Bertz CT molecular complexity index is 725. The van der Waals surface area contributed by atoms with Gasteiger partial charge < -0.3 is 4.42 Å². The number of hydrogen-bond acceptors (Lipinski definition) is 6. The van der Waals surface area contributed by atoms with E-state index in [-0.39, 0.29) is 0 Å². The highest BCUT2D eigenvalue weighted by Gasteiger charge is 2.12. The molecule has 0 aliphatic carbocycles. The first kappa shape index (κ1) is 14.7. The number of rotatable bonds is 6. The Morgan fingerprint density at radius 3 is 2.95 bits per heavy atom. The zero-order chi connectivity index (χ0) is 14.7. The molecule has 0 spiro atoms. The van der Waals surface area contributed by atoms with Crippen molar-refractivity contribution in [2.45, 2.75) is 19.4 Å². The summed E-state index contributed by atoms with van der Waals surface area (Å²) in [5, 5.41) is 16.2. The molecule has 3 heterocycles. The predicted octanol–water partition coefficient (Wildman–Crippen LogP) is 3.37. The summed E-state index contributed by atoms with van der Waals surface area (Å²) in [6.45, 7) is 0.410. The van der Waals surface area contributed by atoms with E-state index < -0.39 is 0 Å². The normalized spacial score (nSPS) is 11.1. The summed E-state index contributed by atoms with van der Waals surface area (Å²) in [7, 11) is 0. The molecule has 0 atom stereocenters. The first-order chi connectivity index (χ1) is 10.2. The van der Waals surface area contributed by atoms with Crippen LogP contribution in [0.15, 0.2) is 26.5 Å². The second-order valence-corrected chi connectivity index (χ2v) is 7.15. The molecular weight excluding hydrogens is 378 g/mol. The standard InChI is InChI=1S/C12H11BrClN5OS/c13-10-4-3-9(21-10)12-17-16-11(20-12)7-19-6-8(15-18-19)2-1-5-14/h3-4,6H,1-2,5,7H2. The summed E-state index contributed by atoms with van der Waals surface area (Å²) < 4.78 is 8.35. The zero-order valence-electron chi connectivity index (χ0n) is 10.9. The fourth-order valence-corrected chi connectivity index (χ4v) is 3.20. The van der Waals surface area contributed by atoms with Crippen LogP contribution < -0.4 is 0 Å². The third-order valence-electron chi connectivity index (χ3n) is 2.70. The van der Waals surface area contributed by atoms with Gasteiger partial charge in [0.25, 0.3) is 5.89 Å². The van der Waals surface area contributed by atoms with Gasteiger partial charge in [-0.2, -0.15) is 0 Å². The average Bonchev–Trinajstić information content (AvgIpc) is 3.18. The molecule has 0 unspecified atom stereocenters. The topological polar surface area (TPSA) is 69.6 Å². The highest BCUT2D eigenvalue weighted by molar-refractivity contribution is 9.11. The lowest BCUT2D eigenvalue weighted by molar-refractivity contribution is 0.470. The predicted molar refractivity (Wildman–Crippen MR) is 83.5 cm³/mol. The van der Waals surface area contributed by atoms with Gasteiger partial charge in [0.1, 0.15) is 6.54 Å². The number of aromatic nitrogens is 5. The van der Waals surface area contributed by atoms with Crippen LogP contribution in [0.4, 0.5) is 0 Å². The van der Waals surface area contributed by atoms with Gasteiger partial charge in [-0.25, -0.2) is 4.68 Å². The largest absolute Gasteiger partial charge is 0.418 e. The molecule has 3 rings (SSSR count). The fourth-order valence-electron chi connectivity index (χ4n) is 1.76. The van der Waals surface area contributed by atoms with Crippen molar-refractivity contribution in [1.82, 2.24) is 25.2 Å². The van der Waals surface area contributed by atoms with E-state index in [4.69, 9.17) is 16.0 Å². The summed E-state index contributed by atoms with van der Waals surface area (Å²) in [5.41, 5.74) is 0.914. The lowest BCUT2D eigenvalue weighted by atomic mass is 10.3. The molecule has 0 bridgehead atoms. The Morgan fingerprint density at radius 1 is 1.29 bits per heavy atom. The van der Waals surface area contributed by atoms with Crippen molar-refractivity contribution in [3.8, 4) is 10.8 Å². The van der Waals surface area contributed by atoms with Crippen LogP contribution in [0, 0.1) is 0 Å². The molecule has 0 amide bonds. The van der Waals surface area contributed by atoms with Gasteiger partial charge in [-0.15, -0.1) is 38.2 Å². The highest BCUT2D eigenvalue weighted by atomic mass is 79.9. The van der Waals surface area contributed by atoms with Crippen molar-refractivity contribution < 1.29 is 4.42 Å². The van der Waals surface area contributed by atoms with Gasteiger partial charge in [-0.3, -0.25) is 0 Å². The number of nitrogens with zero attached hydrogens (tertiary/aromatic N) is 5. The van der Waals surface area contributed by atoms with Gasteiger partial charge >= 0.3 is 0 Å². The first-order valence-corrected chi connectivity index (χ1v) is 8.42. The molecule has 6 nitrogen and oxygen atoms in total. The minimum Gasteiger partial charge on any atom is -0.418 e. The van der Waals surface area contributed by atoms with Gasteiger partial charge in [0.2, 0.25) is 5.89 Å². The number of alkyl halides is 1. The van der Waals surface area contributed by atoms with Crippen LogP contribution in [-0.4, -0.2) is 31.1 Å². The molecule has 0 radical (unpaired) electrons. The van der Waals surface area contributed by atoms with E-state index in [9.17, 15) is 0 Å². The van der Waals surface area contributed by atoms with Crippen molar-refractivity contribution in [2.75, 3.05) is 5.88 Å². The van der Waals surface area contributed by atoms with Crippen LogP contribution in [-0.2, 0) is 13.0 Å². The smallest absolute Gasteiger partial charge is 0.257 e. The number of aryl methyl sites for hydroxylation is 1. The lowest BCUT2D eigenvalue weighted by Crippen LogP contribution is -2.00. The van der Waals surface area contributed by atoms with E-state index in [1.165, 1.54) is 0 Å². The van der Waals surface area contributed by atoms with Crippen molar-refractivity contribution >= 4 is 38.9 Å². The van der Waals surface area contributed by atoms with E-state index in [1.54, 1.807) is 16.0 Å². The Kier molecular flexibility index (Phi) is 4.67. The molecule has 0 fully saturated rings. The van der Waals surface area contributed by atoms with E-state index in [1.807, 2.05) is 18.3 Å². The maximum absolute atomic E-state index is 5.66. The van der Waals surface area contributed by atoms with Gasteiger partial charge in [0.05, 0.1) is 14.4 Å². The van der Waals surface area contributed by atoms with Crippen LogP contribution in [0.1, 0.15) is 18.0 Å². The second kappa shape index (κ2) is 6.67. The van der Waals surface area contributed by atoms with Crippen LogP contribution in [0.3, 0.4) is 0 Å². The number of hydrogen-bond donors (Lipinski definition) is 0. The molecule has 110 valence electrons. The van der Waals surface area contributed by atoms with Crippen molar-refractivity contribution in [3.05, 3.63) is 33.7 Å². The molecule has 3 aromatic rings. The Morgan fingerprint density at radius 2 is 2.19 bits per heavy atom. The molecule has 0 saturated carbocycles. The number of halogens is 2. The summed E-state index contributed by atoms with van der Waals surface area (Å²) in [6.07, 6.45) is 3.58. The van der Waals surface area contributed by atoms with Crippen LogP contribution >= 0.6 is 38.9 Å². The van der Waals surface area contributed by atoms with E-state index in [0.29, 0.717) is 24.2 Å². The molecular formula is C12H11BrClN5OS. The first-order valence-electron chi connectivity index (χ1n) is 6.27. The molecule has 9 heteroatoms. The van der Waals surface area contributed by atoms with Crippen LogP contribution in [0.25, 0.3) is 10.8 Å². The van der Waals surface area contributed by atoms with Gasteiger partial charge in [-0.1, -0.05) is 5.21 Å². The van der Waals surface area contributed by atoms with Crippen molar-refractivity contribution in [2.24, 2.45) is 0 Å². The molecule has 0 aliphatic rings. The summed E-state index contributed by atoms with van der Waals surface area (Å²) in [5.74, 6) is 1.64. The Labute approximate surface area is 138 Å². The molecule has 0 aliphatic heterocycles. The summed E-state index contributed by atoms with van der Waals surface area (Å²) >= 11 is 10.6. The fraction of sp³-hybridized carbons (Fsp3) is 0.333.